The molecule has 3 heterocycles. The first-order valence-corrected chi connectivity index (χ1v) is 9.39. The van der Waals surface area contributed by atoms with Gasteiger partial charge in [0.05, 0.1) is 11.0 Å². The molecule has 0 aliphatic carbocycles. The summed E-state index contributed by atoms with van der Waals surface area (Å²) in [5.41, 5.74) is 3.22. The number of rotatable bonds is 2. The highest BCUT2D eigenvalue weighted by atomic mass is 16.2. The lowest BCUT2D eigenvalue weighted by Gasteiger charge is -2.35. The molecular weight excluding hydrogens is 354 g/mol. The molecule has 7 nitrogen and oxygen atoms in total. The van der Waals surface area contributed by atoms with E-state index in [-0.39, 0.29) is 17.2 Å². The van der Waals surface area contributed by atoms with Gasteiger partial charge in [-0.2, -0.15) is 0 Å². The molecule has 4 rings (SSSR count). The monoisotopic (exact) mass is 377 g/mol. The molecule has 1 aliphatic rings. The summed E-state index contributed by atoms with van der Waals surface area (Å²) < 4.78 is 1.52. The van der Waals surface area contributed by atoms with Crippen LogP contribution >= 0.6 is 0 Å². The third-order valence-corrected chi connectivity index (χ3v) is 5.43. The van der Waals surface area contributed by atoms with Gasteiger partial charge >= 0.3 is 0 Å². The minimum Gasteiger partial charge on any atom is -0.353 e. The van der Waals surface area contributed by atoms with Crippen molar-refractivity contribution in [2.24, 2.45) is 7.05 Å². The third-order valence-electron chi connectivity index (χ3n) is 5.43. The Bertz CT molecular complexity index is 1100. The van der Waals surface area contributed by atoms with Gasteiger partial charge in [-0.3, -0.25) is 9.59 Å². The number of piperazine rings is 1. The zero-order valence-electron chi connectivity index (χ0n) is 16.3. The van der Waals surface area contributed by atoms with Crippen LogP contribution in [-0.2, 0) is 7.05 Å². The van der Waals surface area contributed by atoms with Crippen molar-refractivity contribution in [1.82, 2.24) is 19.4 Å². The molecule has 1 aromatic carbocycles. The van der Waals surface area contributed by atoms with Crippen LogP contribution in [0, 0.1) is 13.8 Å². The largest absolute Gasteiger partial charge is 0.353 e. The summed E-state index contributed by atoms with van der Waals surface area (Å²) in [6.45, 7) is 6.42. The molecule has 0 atom stereocenters. The number of fused-ring (bicyclic) bond motifs is 1. The summed E-state index contributed by atoms with van der Waals surface area (Å²) in [6, 6.07) is 9.67. The van der Waals surface area contributed by atoms with Crippen LogP contribution in [0.15, 0.2) is 41.3 Å². The van der Waals surface area contributed by atoms with Gasteiger partial charge in [0.25, 0.3) is 11.5 Å². The number of aromatic nitrogens is 3. The third kappa shape index (κ3) is 3.13. The lowest BCUT2D eigenvalue weighted by molar-refractivity contribution is 0.0738. The van der Waals surface area contributed by atoms with Crippen molar-refractivity contribution in [2.45, 2.75) is 13.8 Å². The Kier molecular flexibility index (Phi) is 4.58. The van der Waals surface area contributed by atoms with E-state index in [0.29, 0.717) is 31.7 Å². The van der Waals surface area contributed by atoms with Crippen LogP contribution in [0.1, 0.15) is 21.6 Å². The number of nitrogens with zero attached hydrogens (tertiary/aromatic N) is 5. The first-order chi connectivity index (χ1) is 13.5. The molecule has 0 N–H and O–H groups in total. The molecule has 28 heavy (non-hydrogen) atoms. The molecule has 1 saturated heterocycles. The number of hydrogen-bond donors (Lipinski definition) is 0. The van der Waals surface area contributed by atoms with E-state index in [0.717, 1.165) is 22.5 Å². The smallest absolute Gasteiger partial charge is 0.282 e. The van der Waals surface area contributed by atoms with Crippen LogP contribution in [-0.4, -0.2) is 51.5 Å². The van der Waals surface area contributed by atoms with Gasteiger partial charge in [0.15, 0.2) is 5.69 Å². The molecule has 144 valence electrons. The van der Waals surface area contributed by atoms with E-state index in [2.05, 4.69) is 14.9 Å². The standard InChI is InChI=1S/C21H23N5O2/c1-14-12-16-17(13-15(14)2)24(3)20(27)19(23-16)21(28)26-10-8-25(9-11-26)18-6-4-5-7-22-18/h4-7,12-13H,8-11H2,1-3H3. The number of amides is 1. The number of benzene rings is 1. The average molecular weight is 377 g/mol. The van der Waals surface area contributed by atoms with Crippen LogP contribution in [0.5, 0.6) is 0 Å². The van der Waals surface area contributed by atoms with E-state index in [1.165, 1.54) is 4.57 Å². The number of carbonyl (C=O) groups is 1. The molecular formula is C21H23N5O2. The summed E-state index contributed by atoms with van der Waals surface area (Å²) in [5, 5.41) is 0. The predicted octanol–water partition coefficient (Wildman–Crippen LogP) is 1.91. The van der Waals surface area contributed by atoms with Crippen LogP contribution in [0.25, 0.3) is 11.0 Å². The molecule has 0 saturated carbocycles. The molecule has 0 bridgehead atoms. The minimum absolute atomic E-state index is 0.00969. The van der Waals surface area contributed by atoms with Gasteiger partial charge < -0.3 is 14.4 Å². The summed E-state index contributed by atoms with van der Waals surface area (Å²) in [5.74, 6) is 0.599. The topological polar surface area (TPSA) is 71.3 Å². The molecule has 1 amide bonds. The summed E-state index contributed by atoms with van der Waals surface area (Å²) in [6.07, 6.45) is 1.76. The van der Waals surface area contributed by atoms with Gasteiger partial charge in [-0.25, -0.2) is 9.97 Å². The second-order valence-electron chi connectivity index (χ2n) is 7.22. The Balaban J connectivity index is 1.60. The highest BCUT2D eigenvalue weighted by Gasteiger charge is 2.26. The molecule has 1 fully saturated rings. The highest BCUT2D eigenvalue weighted by Crippen LogP contribution is 2.18. The number of carbonyl (C=O) groups excluding carboxylic acids is 1. The summed E-state index contributed by atoms with van der Waals surface area (Å²) in [4.78, 5) is 38.5. The van der Waals surface area contributed by atoms with Crippen molar-refractivity contribution < 1.29 is 4.79 Å². The van der Waals surface area contributed by atoms with Crippen molar-refractivity contribution in [2.75, 3.05) is 31.1 Å². The highest BCUT2D eigenvalue weighted by molar-refractivity contribution is 5.94. The van der Waals surface area contributed by atoms with E-state index >= 15 is 0 Å². The molecule has 0 spiro atoms. The Morgan fingerprint density at radius 2 is 1.75 bits per heavy atom. The first kappa shape index (κ1) is 18.2. The van der Waals surface area contributed by atoms with Gasteiger partial charge in [-0.1, -0.05) is 6.07 Å². The lowest BCUT2D eigenvalue weighted by atomic mass is 10.1. The first-order valence-electron chi connectivity index (χ1n) is 9.39. The van der Waals surface area contributed by atoms with Crippen LogP contribution in [0.4, 0.5) is 5.82 Å². The quantitative estimate of drug-likeness (QED) is 0.682. The summed E-state index contributed by atoms with van der Waals surface area (Å²) in [7, 11) is 1.69. The molecule has 0 radical (unpaired) electrons. The van der Waals surface area contributed by atoms with E-state index in [1.54, 1.807) is 18.1 Å². The average Bonchev–Trinajstić information content (AvgIpc) is 2.72. The van der Waals surface area contributed by atoms with Crippen LogP contribution in [0.3, 0.4) is 0 Å². The van der Waals surface area contributed by atoms with Gasteiger partial charge in [0.1, 0.15) is 5.82 Å². The fraction of sp³-hybridized carbons (Fsp3) is 0.333. The van der Waals surface area contributed by atoms with Crippen LogP contribution in [0.2, 0.25) is 0 Å². The van der Waals surface area contributed by atoms with Crippen molar-refractivity contribution in [3.8, 4) is 0 Å². The number of anilines is 1. The number of aryl methyl sites for hydroxylation is 3. The Labute approximate surface area is 163 Å². The Hall–Kier alpha value is -3.22. The van der Waals surface area contributed by atoms with E-state index in [4.69, 9.17) is 0 Å². The fourth-order valence-electron chi connectivity index (χ4n) is 3.55. The van der Waals surface area contributed by atoms with E-state index in [9.17, 15) is 9.59 Å². The van der Waals surface area contributed by atoms with Gasteiger partial charge in [0, 0.05) is 39.4 Å². The maximum atomic E-state index is 13.0. The normalized spacial score (nSPS) is 14.5. The van der Waals surface area contributed by atoms with E-state index in [1.807, 2.05) is 44.2 Å². The minimum atomic E-state index is -0.354. The SMILES string of the molecule is Cc1cc2nc(C(=O)N3CCN(c4ccccn4)CC3)c(=O)n(C)c2cc1C. The summed E-state index contributed by atoms with van der Waals surface area (Å²) >= 11 is 0. The molecule has 1 aliphatic heterocycles. The molecule has 7 heteroatoms. The zero-order chi connectivity index (χ0) is 19.8. The van der Waals surface area contributed by atoms with E-state index < -0.39 is 0 Å². The van der Waals surface area contributed by atoms with Crippen molar-refractivity contribution >= 4 is 22.8 Å². The fourth-order valence-corrected chi connectivity index (χ4v) is 3.55. The Morgan fingerprint density at radius 3 is 2.43 bits per heavy atom. The number of hydrogen-bond acceptors (Lipinski definition) is 5. The second kappa shape index (κ2) is 7.07. The van der Waals surface area contributed by atoms with Gasteiger partial charge in [-0.15, -0.1) is 0 Å². The lowest BCUT2D eigenvalue weighted by Crippen LogP contribution is -2.50. The number of pyridine rings is 1. The molecule has 0 unspecified atom stereocenters. The van der Waals surface area contributed by atoms with Gasteiger partial charge in [0.2, 0.25) is 0 Å². The zero-order valence-corrected chi connectivity index (χ0v) is 16.3. The maximum Gasteiger partial charge on any atom is 0.282 e. The van der Waals surface area contributed by atoms with Gasteiger partial charge in [-0.05, 0) is 49.2 Å². The van der Waals surface area contributed by atoms with Crippen molar-refractivity contribution in [3.05, 3.63) is 63.7 Å². The Morgan fingerprint density at radius 1 is 1.04 bits per heavy atom. The molecule has 2 aromatic heterocycles. The van der Waals surface area contributed by atoms with Crippen molar-refractivity contribution in [1.29, 1.82) is 0 Å². The predicted molar refractivity (Wildman–Crippen MR) is 109 cm³/mol. The van der Waals surface area contributed by atoms with Crippen LogP contribution < -0.4 is 10.5 Å². The maximum absolute atomic E-state index is 13.0. The second-order valence-corrected chi connectivity index (χ2v) is 7.22. The molecule has 3 aromatic rings. The van der Waals surface area contributed by atoms with Crippen molar-refractivity contribution in [3.63, 3.8) is 0 Å².